The van der Waals surface area contributed by atoms with E-state index in [1.165, 1.54) is 54.9 Å². The van der Waals surface area contributed by atoms with Crippen LogP contribution >= 0.6 is 0 Å². The molecule has 0 heterocycles. The number of fused-ring (bicyclic) bond motifs is 2. The number of hydrogen-bond acceptors (Lipinski definition) is 0. The Morgan fingerprint density at radius 3 is 1.05 bits per heavy atom. The van der Waals surface area contributed by atoms with Gasteiger partial charge in [0, 0.05) is 9.52 Å². The van der Waals surface area contributed by atoms with Crippen LogP contribution in [-0.4, -0.2) is 9.52 Å². The second kappa shape index (κ2) is 17.9. The van der Waals surface area contributed by atoms with Crippen molar-refractivity contribution in [3.63, 3.8) is 0 Å². The molecule has 0 bridgehead atoms. The minimum Gasteiger partial charge on any atom is -1.00 e. The van der Waals surface area contributed by atoms with Crippen LogP contribution in [0.15, 0.2) is 48.5 Å². The molecule has 0 aliphatic carbocycles. The normalized spacial score (nSPS) is 10.5. The fourth-order valence-electron chi connectivity index (χ4n) is 4.67. The van der Waals surface area contributed by atoms with Gasteiger partial charge >= 0.3 is 25.8 Å². The molecule has 2 radical (unpaired) electrons. The van der Waals surface area contributed by atoms with Crippen molar-refractivity contribution in [1.29, 1.82) is 0 Å². The molecule has 4 rings (SSSR count). The van der Waals surface area contributed by atoms with Crippen LogP contribution in [0.1, 0.15) is 112 Å². The second-order valence-corrected chi connectivity index (χ2v) is 12.4. The SMILES string of the molecule is C[Si]C.Cc1cc2c(C(C)C)cc(C(C)C)cc2[cH-]1.Cc1cc2c(C(C)C)cc(C(C)C)cc2[cH-]1.[Cl-].[Cl-].[Hf+4]. The summed E-state index contributed by atoms with van der Waals surface area (Å²) in [7, 11) is 1.08. The maximum absolute atomic E-state index is 2.39. The number of benzene rings is 2. The van der Waals surface area contributed by atoms with Crippen LogP contribution in [0.3, 0.4) is 0 Å². The van der Waals surface area contributed by atoms with Crippen LogP contribution in [0.5, 0.6) is 0 Å². The molecule has 0 aliphatic rings. The summed E-state index contributed by atoms with van der Waals surface area (Å²) in [4.78, 5) is 0. The first-order chi connectivity index (χ1) is 16.4. The molecule has 0 spiro atoms. The van der Waals surface area contributed by atoms with E-state index < -0.39 is 0 Å². The molecule has 4 heteroatoms. The Morgan fingerprint density at radius 1 is 0.526 bits per heavy atom. The maximum atomic E-state index is 2.39. The van der Waals surface area contributed by atoms with Crippen molar-refractivity contribution < 1.29 is 50.7 Å². The fourth-order valence-corrected chi connectivity index (χ4v) is 4.67. The second-order valence-electron chi connectivity index (χ2n) is 11.4. The van der Waals surface area contributed by atoms with Crippen LogP contribution < -0.4 is 24.8 Å². The van der Waals surface area contributed by atoms with Gasteiger partial charge < -0.3 is 24.8 Å². The predicted octanol–water partition coefficient (Wildman–Crippen LogP) is 5.02. The Kier molecular flexibility index (Phi) is 18.6. The molecule has 0 N–H and O–H groups in total. The van der Waals surface area contributed by atoms with Gasteiger partial charge in [-0.15, -0.1) is 56.9 Å². The summed E-state index contributed by atoms with van der Waals surface area (Å²) < 4.78 is 0. The average Bonchev–Trinajstić information content (AvgIpc) is 3.33. The third-order valence-electron chi connectivity index (χ3n) is 6.62. The number of aryl methyl sites for hydroxylation is 2. The zero-order valence-corrected chi connectivity index (χ0v) is 31.8. The molecule has 0 aliphatic heterocycles. The van der Waals surface area contributed by atoms with Crippen LogP contribution in [0.25, 0.3) is 21.5 Å². The molecule has 0 nitrogen and oxygen atoms in total. The molecule has 0 atom stereocenters. The monoisotopic (exact) mass is 734 g/mol. The van der Waals surface area contributed by atoms with E-state index in [2.05, 4.69) is 131 Å². The van der Waals surface area contributed by atoms with Crippen LogP contribution in [0.4, 0.5) is 0 Å². The van der Waals surface area contributed by atoms with Crippen molar-refractivity contribution >= 4 is 31.1 Å². The van der Waals surface area contributed by atoms with Gasteiger partial charge in [0.2, 0.25) is 0 Å². The summed E-state index contributed by atoms with van der Waals surface area (Å²) in [6.45, 7) is 26.8. The molecular formula is C34H48Cl2HfSi. The molecule has 0 amide bonds. The van der Waals surface area contributed by atoms with Crippen molar-refractivity contribution in [3.05, 3.63) is 81.9 Å². The van der Waals surface area contributed by atoms with E-state index in [9.17, 15) is 0 Å². The van der Waals surface area contributed by atoms with E-state index in [0.29, 0.717) is 23.7 Å². The van der Waals surface area contributed by atoms with Crippen molar-refractivity contribution in [1.82, 2.24) is 0 Å². The van der Waals surface area contributed by atoms with Crippen LogP contribution in [0.2, 0.25) is 13.1 Å². The number of rotatable bonds is 4. The van der Waals surface area contributed by atoms with Crippen molar-refractivity contribution in [2.75, 3.05) is 0 Å². The third-order valence-corrected chi connectivity index (χ3v) is 6.62. The first kappa shape index (κ1) is 39.5. The molecule has 206 valence electrons. The van der Waals surface area contributed by atoms with Crippen molar-refractivity contribution in [3.8, 4) is 0 Å². The zero-order valence-electron chi connectivity index (χ0n) is 25.7. The molecule has 0 unspecified atom stereocenters. The van der Waals surface area contributed by atoms with Gasteiger partial charge in [-0.1, -0.05) is 117 Å². The Bertz CT molecular complexity index is 1130. The van der Waals surface area contributed by atoms with E-state index in [1.807, 2.05) is 0 Å². The van der Waals surface area contributed by atoms with Gasteiger partial charge in [0.15, 0.2) is 0 Å². The zero-order chi connectivity index (χ0) is 26.4. The molecule has 38 heavy (non-hydrogen) atoms. The van der Waals surface area contributed by atoms with Gasteiger partial charge in [0.1, 0.15) is 0 Å². The molecular weight excluding hydrogens is 686 g/mol. The minimum absolute atomic E-state index is 0. The first-order valence-electron chi connectivity index (χ1n) is 13.4. The molecule has 4 aromatic carbocycles. The van der Waals surface area contributed by atoms with Gasteiger partial charge in [0.25, 0.3) is 0 Å². The third kappa shape index (κ3) is 10.4. The van der Waals surface area contributed by atoms with E-state index in [0.717, 1.165) is 9.52 Å². The molecule has 4 aromatic rings. The summed E-state index contributed by atoms with van der Waals surface area (Å²) in [6.07, 6.45) is 0. The molecule has 0 fully saturated rings. The smallest absolute Gasteiger partial charge is 1.00 e. The summed E-state index contributed by atoms with van der Waals surface area (Å²) in [5, 5.41) is 5.70. The first-order valence-corrected chi connectivity index (χ1v) is 15.4. The number of hydrogen-bond donors (Lipinski definition) is 0. The Morgan fingerprint density at radius 2 is 0.816 bits per heavy atom. The topological polar surface area (TPSA) is 0 Å². The summed E-state index contributed by atoms with van der Waals surface area (Å²) in [5.41, 5.74) is 8.66. The van der Waals surface area contributed by atoms with E-state index in [1.54, 1.807) is 0 Å². The Hall–Kier alpha value is -0.673. The quantitative estimate of drug-likeness (QED) is 0.204. The maximum Gasteiger partial charge on any atom is 4.00 e. The summed E-state index contributed by atoms with van der Waals surface area (Å²) in [5.74, 6) is 2.42. The minimum atomic E-state index is 0. The Balaban J connectivity index is 0. The molecule has 0 saturated carbocycles. The van der Waals surface area contributed by atoms with Crippen molar-refractivity contribution in [2.45, 2.75) is 106 Å². The standard InChI is InChI=1S/2C16H21.C2H6Si.2ClH.Hf/c2*1-10(2)13-8-14-6-12(5)7-16(14)15(9-13)11(3)4;1-3-2;;;/h2*6-11H,1-5H3;1-2H3;2*1H;/q2*-1;;;;+4/p-2. The summed E-state index contributed by atoms with van der Waals surface area (Å²) >= 11 is 0. The van der Waals surface area contributed by atoms with Gasteiger partial charge in [-0.25, -0.2) is 0 Å². The number of halogens is 2. The average molecular weight is 734 g/mol. The summed E-state index contributed by atoms with van der Waals surface area (Å²) in [6, 6.07) is 18.7. The van der Waals surface area contributed by atoms with Crippen molar-refractivity contribution in [2.24, 2.45) is 0 Å². The largest absolute Gasteiger partial charge is 4.00 e. The Labute approximate surface area is 267 Å². The predicted molar refractivity (Wildman–Crippen MR) is 162 cm³/mol. The van der Waals surface area contributed by atoms with E-state index >= 15 is 0 Å². The fraction of sp³-hybridized carbons (Fsp3) is 0.471. The van der Waals surface area contributed by atoms with Gasteiger partial charge in [0.05, 0.1) is 0 Å². The van der Waals surface area contributed by atoms with E-state index in [4.69, 9.17) is 0 Å². The van der Waals surface area contributed by atoms with Gasteiger partial charge in [-0.3, -0.25) is 0 Å². The van der Waals surface area contributed by atoms with Crippen LogP contribution in [0, 0.1) is 13.8 Å². The molecule has 0 aromatic heterocycles. The van der Waals surface area contributed by atoms with E-state index in [-0.39, 0.29) is 50.7 Å². The van der Waals surface area contributed by atoms with Crippen LogP contribution in [-0.2, 0) is 25.8 Å². The van der Waals surface area contributed by atoms with Gasteiger partial charge in [-0.2, -0.15) is 12.1 Å². The molecule has 0 saturated heterocycles. The van der Waals surface area contributed by atoms with Gasteiger partial charge in [-0.05, 0) is 23.7 Å².